The van der Waals surface area contributed by atoms with E-state index >= 15 is 0 Å². The highest BCUT2D eigenvalue weighted by Gasteiger charge is 1.99. The van der Waals surface area contributed by atoms with Gasteiger partial charge in [0.15, 0.2) is 0 Å². The molecular formula is C14H16O2. The third-order valence-corrected chi connectivity index (χ3v) is 2.75. The summed E-state index contributed by atoms with van der Waals surface area (Å²) in [6.45, 7) is 2.20. The largest absolute Gasteiger partial charge is 0.423 e. The molecule has 2 nitrogen and oxygen atoms in total. The molecule has 0 amide bonds. The third kappa shape index (κ3) is 2.51. The van der Waals surface area contributed by atoms with Gasteiger partial charge in [0.05, 0.1) is 0 Å². The molecule has 0 unspecified atom stereocenters. The van der Waals surface area contributed by atoms with Crippen molar-refractivity contribution in [2.24, 2.45) is 0 Å². The van der Waals surface area contributed by atoms with Crippen molar-refractivity contribution in [1.82, 2.24) is 0 Å². The molecular weight excluding hydrogens is 200 g/mol. The van der Waals surface area contributed by atoms with Crippen LogP contribution >= 0.6 is 0 Å². The van der Waals surface area contributed by atoms with Crippen molar-refractivity contribution in [2.75, 3.05) is 0 Å². The number of hydrogen-bond donors (Lipinski definition) is 0. The van der Waals surface area contributed by atoms with Crippen molar-refractivity contribution in [1.29, 1.82) is 0 Å². The fourth-order valence-corrected chi connectivity index (χ4v) is 1.86. The second-order valence-corrected chi connectivity index (χ2v) is 4.08. The summed E-state index contributed by atoms with van der Waals surface area (Å²) >= 11 is 0. The zero-order valence-corrected chi connectivity index (χ0v) is 9.53. The topological polar surface area (TPSA) is 30.2 Å². The Bertz CT molecular complexity index is 525. The molecule has 0 fully saturated rings. The standard InChI is InChI=1S/C14H16O2/c1-2-3-4-5-11-6-8-13-12(10-11)7-9-14(15)16-13/h6-10H,2-5H2,1H3. The first-order valence-corrected chi connectivity index (χ1v) is 5.82. The summed E-state index contributed by atoms with van der Waals surface area (Å²) in [6, 6.07) is 9.33. The zero-order valence-electron chi connectivity index (χ0n) is 9.53. The van der Waals surface area contributed by atoms with E-state index in [0.29, 0.717) is 5.58 Å². The van der Waals surface area contributed by atoms with E-state index in [4.69, 9.17) is 4.42 Å². The van der Waals surface area contributed by atoms with Crippen LogP contribution in [0.5, 0.6) is 0 Å². The molecule has 0 saturated carbocycles. The van der Waals surface area contributed by atoms with Gasteiger partial charge in [-0.05, 0) is 36.6 Å². The van der Waals surface area contributed by atoms with Crippen LogP contribution in [-0.2, 0) is 6.42 Å². The number of aryl methyl sites for hydroxylation is 1. The maximum absolute atomic E-state index is 11.0. The van der Waals surface area contributed by atoms with E-state index < -0.39 is 0 Å². The van der Waals surface area contributed by atoms with Gasteiger partial charge in [0.25, 0.3) is 0 Å². The lowest BCUT2D eigenvalue weighted by atomic mass is 10.1. The van der Waals surface area contributed by atoms with Crippen molar-refractivity contribution in [3.63, 3.8) is 0 Å². The van der Waals surface area contributed by atoms with Gasteiger partial charge in [0.2, 0.25) is 0 Å². The van der Waals surface area contributed by atoms with Crippen LogP contribution in [0.2, 0.25) is 0 Å². The molecule has 1 aromatic heterocycles. The van der Waals surface area contributed by atoms with Gasteiger partial charge in [-0.15, -0.1) is 0 Å². The molecule has 2 heteroatoms. The van der Waals surface area contributed by atoms with Gasteiger partial charge in [-0.25, -0.2) is 4.79 Å². The Morgan fingerprint density at radius 2 is 2.00 bits per heavy atom. The summed E-state index contributed by atoms with van der Waals surface area (Å²) in [4.78, 5) is 11.0. The van der Waals surface area contributed by atoms with Crippen LogP contribution in [0.1, 0.15) is 31.7 Å². The lowest BCUT2D eigenvalue weighted by molar-refractivity contribution is 0.561. The molecule has 0 spiro atoms. The first-order chi connectivity index (χ1) is 7.79. The zero-order chi connectivity index (χ0) is 11.4. The Hall–Kier alpha value is -1.57. The van der Waals surface area contributed by atoms with Crippen molar-refractivity contribution < 1.29 is 4.42 Å². The molecule has 1 heterocycles. The minimum absolute atomic E-state index is 0.286. The number of benzene rings is 1. The van der Waals surface area contributed by atoms with Gasteiger partial charge < -0.3 is 4.42 Å². The molecule has 1 aromatic carbocycles. The normalized spacial score (nSPS) is 10.8. The second kappa shape index (κ2) is 4.97. The summed E-state index contributed by atoms with van der Waals surface area (Å²) in [6.07, 6.45) is 4.83. The molecule has 0 bridgehead atoms. The van der Waals surface area contributed by atoms with Gasteiger partial charge in [-0.3, -0.25) is 0 Å². The first-order valence-electron chi connectivity index (χ1n) is 5.82. The lowest BCUT2D eigenvalue weighted by Gasteiger charge is -2.02. The van der Waals surface area contributed by atoms with Gasteiger partial charge in [-0.2, -0.15) is 0 Å². The van der Waals surface area contributed by atoms with E-state index in [9.17, 15) is 4.79 Å². The van der Waals surface area contributed by atoms with Crippen LogP contribution in [-0.4, -0.2) is 0 Å². The highest BCUT2D eigenvalue weighted by Crippen LogP contribution is 2.15. The van der Waals surface area contributed by atoms with E-state index in [0.717, 1.165) is 11.8 Å². The summed E-state index contributed by atoms with van der Waals surface area (Å²) in [5.74, 6) is 0. The van der Waals surface area contributed by atoms with E-state index in [1.807, 2.05) is 18.2 Å². The minimum atomic E-state index is -0.286. The molecule has 16 heavy (non-hydrogen) atoms. The van der Waals surface area contributed by atoms with Gasteiger partial charge in [0.1, 0.15) is 5.58 Å². The molecule has 0 aliphatic rings. The Morgan fingerprint density at radius 3 is 2.81 bits per heavy atom. The van der Waals surface area contributed by atoms with Crippen molar-refractivity contribution in [3.05, 3.63) is 46.3 Å². The Balaban J connectivity index is 2.23. The average molecular weight is 216 g/mol. The number of unbranched alkanes of at least 4 members (excludes halogenated alkanes) is 2. The van der Waals surface area contributed by atoms with E-state index in [1.54, 1.807) is 0 Å². The monoisotopic (exact) mass is 216 g/mol. The van der Waals surface area contributed by atoms with Crippen LogP contribution in [0.3, 0.4) is 0 Å². The first kappa shape index (κ1) is 10.9. The molecule has 0 aliphatic heterocycles. The van der Waals surface area contributed by atoms with Gasteiger partial charge in [-0.1, -0.05) is 25.8 Å². The average Bonchev–Trinajstić information content (AvgIpc) is 2.29. The van der Waals surface area contributed by atoms with Crippen molar-refractivity contribution >= 4 is 11.0 Å². The minimum Gasteiger partial charge on any atom is -0.423 e. The van der Waals surface area contributed by atoms with E-state index in [-0.39, 0.29) is 5.63 Å². The molecule has 0 aliphatic carbocycles. The molecule has 0 N–H and O–H groups in total. The van der Waals surface area contributed by atoms with Crippen LogP contribution in [0.25, 0.3) is 11.0 Å². The lowest BCUT2D eigenvalue weighted by Crippen LogP contribution is -1.94. The van der Waals surface area contributed by atoms with Crippen LogP contribution in [0, 0.1) is 0 Å². The highest BCUT2D eigenvalue weighted by molar-refractivity contribution is 5.76. The summed E-state index contributed by atoms with van der Waals surface area (Å²) in [5.41, 5.74) is 1.70. The van der Waals surface area contributed by atoms with Crippen LogP contribution in [0.15, 0.2) is 39.5 Å². The highest BCUT2D eigenvalue weighted by atomic mass is 16.4. The molecule has 0 atom stereocenters. The Labute approximate surface area is 94.9 Å². The predicted octanol–water partition coefficient (Wildman–Crippen LogP) is 3.53. The van der Waals surface area contributed by atoms with Crippen LogP contribution in [0.4, 0.5) is 0 Å². The Morgan fingerprint density at radius 1 is 1.12 bits per heavy atom. The number of hydrogen-bond acceptors (Lipinski definition) is 2. The smallest absolute Gasteiger partial charge is 0.336 e. The van der Waals surface area contributed by atoms with Gasteiger partial charge in [0, 0.05) is 11.5 Å². The van der Waals surface area contributed by atoms with Gasteiger partial charge >= 0.3 is 5.63 Å². The molecule has 2 rings (SSSR count). The van der Waals surface area contributed by atoms with Crippen LogP contribution < -0.4 is 5.63 Å². The Kier molecular flexibility index (Phi) is 3.40. The molecule has 0 radical (unpaired) electrons. The van der Waals surface area contributed by atoms with Crippen molar-refractivity contribution in [3.8, 4) is 0 Å². The van der Waals surface area contributed by atoms with E-state index in [1.165, 1.54) is 30.9 Å². The maximum Gasteiger partial charge on any atom is 0.336 e. The second-order valence-electron chi connectivity index (χ2n) is 4.08. The summed E-state index contributed by atoms with van der Waals surface area (Å²) in [7, 11) is 0. The SMILES string of the molecule is CCCCCc1ccc2oc(=O)ccc2c1. The fourth-order valence-electron chi connectivity index (χ4n) is 1.86. The predicted molar refractivity (Wildman–Crippen MR) is 65.7 cm³/mol. The number of rotatable bonds is 4. The maximum atomic E-state index is 11.0. The third-order valence-electron chi connectivity index (χ3n) is 2.75. The number of fused-ring (bicyclic) bond motifs is 1. The van der Waals surface area contributed by atoms with Crippen molar-refractivity contribution in [2.45, 2.75) is 32.6 Å². The summed E-state index contributed by atoms with van der Waals surface area (Å²) in [5, 5.41) is 1.01. The summed E-state index contributed by atoms with van der Waals surface area (Å²) < 4.78 is 5.09. The van der Waals surface area contributed by atoms with E-state index in [2.05, 4.69) is 13.0 Å². The quantitative estimate of drug-likeness (QED) is 0.578. The fraction of sp³-hybridized carbons (Fsp3) is 0.357. The molecule has 84 valence electrons. The molecule has 2 aromatic rings. The molecule has 0 saturated heterocycles.